The minimum atomic E-state index is -0.515. The van der Waals surface area contributed by atoms with Crippen molar-refractivity contribution in [3.05, 3.63) is 12.4 Å². The summed E-state index contributed by atoms with van der Waals surface area (Å²) in [6.07, 6.45) is 7.78. The third-order valence-electron chi connectivity index (χ3n) is 1.53. The highest BCUT2D eigenvalue weighted by Gasteiger charge is 2.16. The van der Waals surface area contributed by atoms with Crippen molar-refractivity contribution in [2.45, 2.75) is 32.9 Å². The standard InChI is InChI=1S/C11H15N3O2/c1-5-6-14-8-9(7-12-14)13-10(15)16-11(2,3)4/h1,7-8H,6H2,2-4H3,(H,13,15). The first-order valence-corrected chi connectivity index (χ1v) is 4.86. The first-order chi connectivity index (χ1) is 7.40. The van der Waals surface area contributed by atoms with Crippen LogP contribution in [-0.2, 0) is 11.3 Å². The van der Waals surface area contributed by atoms with Crippen LogP contribution in [0.5, 0.6) is 0 Å². The van der Waals surface area contributed by atoms with Gasteiger partial charge in [-0.2, -0.15) is 5.10 Å². The molecule has 0 atom stereocenters. The van der Waals surface area contributed by atoms with Crippen LogP contribution in [0.25, 0.3) is 0 Å². The summed E-state index contributed by atoms with van der Waals surface area (Å²) in [5.74, 6) is 2.45. The summed E-state index contributed by atoms with van der Waals surface area (Å²) in [5, 5.41) is 6.52. The lowest BCUT2D eigenvalue weighted by atomic mass is 10.2. The molecule has 1 rings (SSSR count). The Morgan fingerprint density at radius 3 is 2.94 bits per heavy atom. The zero-order valence-electron chi connectivity index (χ0n) is 9.65. The first-order valence-electron chi connectivity index (χ1n) is 4.86. The van der Waals surface area contributed by atoms with Crippen molar-refractivity contribution in [1.82, 2.24) is 9.78 Å². The number of carbonyl (C=O) groups excluding carboxylic acids is 1. The average molecular weight is 221 g/mol. The maximum absolute atomic E-state index is 11.4. The summed E-state index contributed by atoms with van der Waals surface area (Å²) in [4.78, 5) is 11.4. The van der Waals surface area contributed by atoms with Crippen LogP contribution in [-0.4, -0.2) is 21.5 Å². The predicted molar refractivity (Wildman–Crippen MR) is 60.9 cm³/mol. The quantitative estimate of drug-likeness (QED) is 0.775. The summed E-state index contributed by atoms with van der Waals surface area (Å²) in [6.45, 7) is 5.77. The van der Waals surface area contributed by atoms with Crippen LogP contribution in [0.2, 0.25) is 0 Å². The minimum Gasteiger partial charge on any atom is -0.444 e. The molecule has 0 fully saturated rings. The smallest absolute Gasteiger partial charge is 0.412 e. The molecule has 5 nitrogen and oxygen atoms in total. The first kappa shape index (κ1) is 12.1. The molecule has 0 unspecified atom stereocenters. The zero-order valence-corrected chi connectivity index (χ0v) is 9.65. The number of hydrogen-bond donors (Lipinski definition) is 1. The van der Waals surface area contributed by atoms with Crippen LogP contribution in [0.3, 0.4) is 0 Å². The van der Waals surface area contributed by atoms with E-state index in [4.69, 9.17) is 11.2 Å². The highest BCUT2D eigenvalue weighted by Crippen LogP contribution is 2.10. The number of anilines is 1. The molecule has 1 heterocycles. The molecule has 0 saturated carbocycles. The van der Waals surface area contributed by atoms with Crippen molar-refractivity contribution < 1.29 is 9.53 Å². The van der Waals surface area contributed by atoms with Gasteiger partial charge in [0.25, 0.3) is 0 Å². The summed E-state index contributed by atoms with van der Waals surface area (Å²) in [5.41, 5.74) is 0.0447. The Kier molecular flexibility index (Phi) is 3.56. The number of ether oxygens (including phenoxy) is 1. The van der Waals surface area contributed by atoms with Gasteiger partial charge in [0.15, 0.2) is 0 Å². The van der Waals surface area contributed by atoms with E-state index < -0.39 is 11.7 Å². The minimum absolute atomic E-state index is 0.371. The number of nitrogens with one attached hydrogen (secondary N) is 1. The van der Waals surface area contributed by atoms with Gasteiger partial charge in [0.1, 0.15) is 12.1 Å². The second-order valence-electron chi connectivity index (χ2n) is 4.26. The van der Waals surface area contributed by atoms with Crippen molar-refractivity contribution in [3.8, 4) is 12.3 Å². The molecule has 0 aliphatic heterocycles. The number of amides is 1. The molecule has 1 aromatic rings. The fourth-order valence-electron chi connectivity index (χ4n) is 1.03. The SMILES string of the molecule is C#CCn1cc(NC(=O)OC(C)(C)C)cn1. The van der Waals surface area contributed by atoms with Gasteiger partial charge >= 0.3 is 6.09 Å². The monoisotopic (exact) mass is 221 g/mol. The summed E-state index contributed by atoms with van der Waals surface area (Å²) in [6, 6.07) is 0. The molecule has 86 valence electrons. The predicted octanol–water partition coefficient (Wildman–Crippen LogP) is 1.86. The molecule has 1 amide bonds. The van der Waals surface area contributed by atoms with Gasteiger partial charge in [-0.15, -0.1) is 6.42 Å². The summed E-state index contributed by atoms with van der Waals surface area (Å²) in [7, 11) is 0. The Labute approximate surface area is 94.8 Å². The van der Waals surface area contributed by atoms with Crippen molar-refractivity contribution >= 4 is 11.8 Å². The van der Waals surface area contributed by atoms with Crippen LogP contribution in [0.1, 0.15) is 20.8 Å². The van der Waals surface area contributed by atoms with Gasteiger partial charge in [0.05, 0.1) is 11.9 Å². The van der Waals surface area contributed by atoms with Gasteiger partial charge in [-0.25, -0.2) is 4.79 Å². The normalized spacial score (nSPS) is 10.6. The lowest BCUT2D eigenvalue weighted by Crippen LogP contribution is -2.27. The molecular formula is C11H15N3O2. The van der Waals surface area contributed by atoms with Gasteiger partial charge in [0.2, 0.25) is 0 Å². The van der Waals surface area contributed by atoms with E-state index in [9.17, 15) is 4.79 Å². The molecule has 1 aromatic heterocycles. The molecule has 0 aliphatic carbocycles. The lowest BCUT2D eigenvalue weighted by molar-refractivity contribution is 0.0636. The Bertz CT molecular complexity index is 410. The van der Waals surface area contributed by atoms with Crippen LogP contribution in [0.4, 0.5) is 10.5 Å². The Balaban J connectivity index is 2.54. The number of aromatic nitrogens is 2. The Hall–Kier alpha value is -1.96. The molecule has 0 aromatic carbocycles. The molecule has 0 radical (unpaired) electrons. The van der Waals surface area contributed by atoms with E-state index in [1.807, 2.05) is 0 Å². The highest BCUT2D eigenvalue weighted by atomic mass is 16.6. The number of terminal acetylenes is 1. The largest absolute Gasteiger partial charge is 0.444 e. The fraction of sp³-hybridized carbons (Fsp3) is 0.455. The summed E-state index contributed by atoms with van der Waals surface area (Å²) < 4.78 is 6.63. The molecule has 0 bridgehead atoms. The van der Waals surface area contributed by atoms with E-state index in [-0.39, 0.29) is 0 Å². The van der Waals surface area contributed by atoms with Crippen molar-refractivity contribution in [1.29, 1.82) is 0 Å². The Morgan fingerprint density at radius 1 is 1.69 bits per heavy atom. The fourth-order valence-corrected chi connectivity index (χ4v) is 1.03. The topological polar surface area (TPSA) is 56.2 Å². The van der Waals surface area contributed by atoms with Crippen LogP contribution >= 0.6 is 0 Å². The average Bonchev–Trinajstić information content (AvgIpc) is 2.49. The highest BCUT2D eigenvalue weighted by molar-refractivity contribution is 5.84. The molecule has 0 aliphatic rings. The van der Waals surface area contributed by atoms with Crippen LogP contribution < -0.4 is 5.32 Å². The molecule has 16 heavy (non-hydrogen) atoms. The van der Waals surface area contributed by atoms with Crippen molar-refractivity contribution in [3.63, 3.8) is 0 Å². The maximum atomic E-state index is 11.4. The molecular weight excluding hydrogens is 206 g/mol. The Morgan fingerprint density at radius 2 is 2.38 bits per heavy atom. The van der Waals surface area contributed by atoms with Crippen molar-refractivity contribution in [2.24, 2.45) is 0 Å². The van der Waals surface area contributed by atoms with E-state index in [1.54, 1.807) is 31.6 Å². The van der Waals surface area contributed by atoms with Crippen molar-refractivity contribution in [2.75, 3.05) is 5.32 Å². The second-order valence-corrected chi connectivity index (χ2v) is 4.26. The molecule has 1 N–H and O–H groups in total. The third kappa shape index (κ3) is 4.05. The van der Waals surface area contributed by atoms with E-state index in [1.165, 1.54) is 6.20 Å². The van der Waals surface area contributed by atoms with Gasteiger partial charge in [-0.1, -0.05) is 5.92 Å². The molecule has 5 heteroatoms. The van der Waals surface area contributed by atoms with Gasteiger partial charge in [-0.3, -0.25) is 10.00 Å². The summed E-state index contributed by atoms with van der Waals surface area (Å²) >= 11 is 0. The van der Waals surface area contributed by atoms with Crippen LogP contribution in [0, 0.1) is 12.3 Å². The van der Waals surface area contributed by atoms with Gasteiger partial charge in [0, 0.05) is 6.20 Å². The number of hydrogen-bond acceptors (Lipinski definition) is 3. The zero-order chi connectivity index (χ0) is 12.2. The third-order valence-corrected chi connectivity index (χ3v) is 1.53. The molecule has 0 spiro atoms. The van der Waals surface area contributed by atoms with Crippen LogP contribution in [0.15, 0.2) is 12.4 Å². The van der Waals surface area contributed by atoms with Gasteiger partial charge in [-0.05, 0) is 20.8 Å². The van der Waals surface area contributed by atoms with Gasteiger partial charge < -0.3 is 4.74 Å². The van der Waals surface area contributed by atoms with E-state index >= 15 is 0 Å². The van der Waals surface area contributed by atoms with E-state index in [2.05, 4.69) is 16.3 Å². The van der Waals surface area contributed by atoms with E-state index in [0.717, 1.165) is 0 Å². The van der Waals surface area contributed by atoms with E-state index in [0.29, 0.717) is 12.2 Å². The maximum Gasteiger partial charge on any atom is 0.412 e. The molecule has 0 saturated heterocycles. The lowest BCUT2D eigenvalue weighted by Gasteiger charge is -2.19. The number of nitrogens with zero attached hydrogens (tertiary/aromatic N) is 2. The number of rotatable bonds is 2. The number of carbonyl (C=O) groups is 1. The second kappa shape index (κ2) is 4.71.